The summed E-state index contributed by atoms with van der Waals surface area (Å²) in [6.07, 6.45) is -2.29. The van der Waals surface area contributed by atoms with Gasteiger partial charge in [-0.3, -0.25) is 0 Å². The van der Waals surface area contributed by atoms with Gasteiger partial charge in [-0.15, -0.1) is 0 Å². The first-order chi connectivity index (χ1) is 19.1. The standard InChI is InChI=1S/C19H21ClF3N5O.C6H13NO.C2H3N/c1-29-18-25-14-11-28(15-4-2-3-13(20)16(15)19(21,22)23)8-5-12(14)17(26-18)27-9-6-24-7-10-27;1-7-4-3-6(5-7)8-2;1-2-3/h2-4,24H,5-11H2,1H3;6H,3-5H2,1-2H3;1H3. The van der Waals surface area contributed by atoms with E-state index < -0.39 is 11.7 Å². The van der Waals surface area contributed by atoms with E-state index in [2.05, 4.69) is 32.1 Å². The molecule has 3 aliphatic rings. The lowest BCUT2D eigenvalue weighted by molar-refractivity contribution is -0.137. The van der Waals surface area contributed by atoms with Gasteiger partial charge >= 0.3 is 12.2 Å². The number of rotatable bonds is 4. The third kappa shape index (κ3) is 8.10. The predicted octanol–water partition coefficient (Wildman–Crippen LogP) is 4.00. The van der Waals surface area contributed by atoms with Gasteiger partial charge in [-0.05, 0) is 32.0 Å². The van der Waals surface area contributed by atoms with E-state index >= 15 is 0 Å². The molecule has 9 nitrogen and oxygen atoms in total. The molecule has 1 atom stereocenters. The number of nitriles is 1. The SMILES string of the molecule is CC#N.COC1CCN(C)C1.COc1nc2c(c(N3CCNCC3)n1)CCN(c1cccc(Cl)c1C(F)(F)F)C2. The second-order valence-corrected chi connectivity index (χ2v) is 10.0. The summed E-state index contributed by atoms with van der Waals surface area (Å²) < 4.78 is 51.3. The third-order valence-electron chi connectivity index (χ3n) is 6.92. The molecular weight excluding hydrogens is 547 g/mol. The molecule has 0 saturated carbocycles. The summed E-state index contributed by atoms with van der Waals surface area (Å²) in [6.45, 7) is 7.71. The van der Waals surface area contributed by atoms with E-state index in [4.69, 9.17) is 26.3 Å². The normalized spacial score (nSPS) is 19.0. The molecule has 0 radical (unpaired) electrons. The minimum absolute atomic E-state index is 0.0666. The Morgan fingerprint density at radius 2 is 1.80 bits per heavy atom. The number of piperazine rings is 1. The number of hydrogen-bond acceptors (Lipinski definition) is 9. The van der Waals surface area contributed by atoms with Crippen LogP contribution >= 0.6 is 11.6 Å². The minimum Gasteiger partial charge on any atom is -0.467 e. The lowest BCUT2D eigenvalue weighted by Crippen LogP contribution is -2.45. The van der Waals surface area contributed by atoms with Crippen LogP contribution in [-0.4, -0.2) is 88.1 Å². The molecule has 2 aromatic rings. The van der Waals surface area contributed by atoms with Crippen molar-refractivity contribution < 1.29 is 22.6 Å². The number of ether oxygens (including phenoxy) is 2. The summed E-state index contributed by atoms with van der Waals surface area (Å²) in [4.78, 5) is 15.1. The van der Waals surface area contributed by atoms with Crippen molar-refractivity contribution in [3.05, 3.63) is 40.0 Å². The topological polar surface area (TPSA) is 89.8 Å². The second-order valence-electron chi connectivity index (χ2n) is 9.63. The highest BCUT2D eigenvalue weighted by atomic mass is 35.5. The zero-order valence-electron chi connectivity index (χ0n) is 23.4. The summed E-state index contributed by atoms with van der Waals surface area (Å²) in [6, 6.07) is 6.23. The van der Waals surface area contributed by atoms with Gasteiger partial charge in [-0.1, -0.05) is 17.7 Å². The first-order valence-corrected chi connectivity index (χ1v) is 13.5. The molecule has 1 N–H and O–H groups in total. The average Bonchev–Trinajstić information content (AvgIpc) is 3.38. The van der Waals surface area contributed by atoms with E-state index in [9.17, 15) is 13.2 Å². The molecule has 1 aromatic heterocycles. The molecular formula is C27H37ClF3N7O2. The van der Waals surface area contributed by atoms with Gasteiger partial charge < -0.3 is 29.5 Å². The van der Waals surface area contributed by atoms with E-state index in [1.54, 1.807) is 18.1 Å². The highest BCUT2D eigenvalue weighted by Crippen LogP contribution is 2.42. The number of nitrogens with zero attached hydrogens (tertiary/aromatic N) is 6. The van der Waals surface area contributed by atoms with Crippen LogP contribution in [0.15, 0.2) is 18.2 Å². The van der Waals surface area contributed by atoms with Crippen LogP contribution in [0, 0.1) is 11.3 Å². The Kier molecular flexibility index (Phi) is 11.6. The fraction of sp³-hybridized carbons (Fsp3) is 0.593. The van der Waals surface area contributed by atoms with Crippen LogP contribution in [0.5, 0.6) is 6.01 Å². The van der Waals surface area contributed by atoms with Gasteiger partial charge in [0, 0.05) is 65.4 Å². The molecule has 40 heavy (non-hydrogen) atoms. The quantitative estimate of drug-likeness (QED) is 0.574. The van der Waals surface area contributed by atoms with Crippen molar-refractivity contribution in [2.24, 2.45) is 0 Å². The zero-order valence-corrected chi connectivity index (χ0v) is 24.1. The van der Waals surface area contributed by atoms with Crippen LogP contribution in [0.1, 0.15) is 30.2 Å². The molecule has 1 aromatic carbocycles. The fourth-order valence-electron chi connectivity index (χ4n) is 4.97. The Balaban J connectivity index is 0.000000337. The minimum atomic E-state index is -4.54. The Hall–Kier alpha value is -2.85. The maximum Gasteiger partial charge on any atom is 0.419 e. The monoisotopic (exact) mass is 583 g/mol. The number of likely N-dealkylation sites (tertiary alicyclic amines) is 1. The fourth-order valence-corrected chi connectivity index (χ4v) is 5.24. The molecule has 3 aliphatic heterocycles. The molecule has 2 fully saturated rings. The summed E-state index contributed by atoms with van der Waals surface area (Å²) in [5, 5.41) is 10.3. The zero-order chi connectivity index (χ0) is 29.3. The summed E-state index contributed by atoms with van der Waals surface area (Å²) in [5.74, 6) is 0.815. The largest absolute Gasteiger partial charge is 0.467 e. The highest BCUT2D eigenvalue weighted by molar-refractivity contribution is 6.31. The van der Waals surface area contributed by atoms with Gasteiger partial charge in [0.25, 0.3) is 0 Å². The summed E-state index contributed by atoms with van der Waals surface area (Å²) >= 11 is 5.90. The van der Waals surface area contributed by atoms with Crippen molar-refractivity contribution in [2.75, 3.05) is 76.9 Å². The highest BCUT2D eigenvalue weighted by Gasteiger charge is 2.38. The van der Waals surface area contributed by atoms with Crippen LogP contribution in [-0.2, 0) is 23.9 Å². The molecule has 4 heterocycles. The van der Waals surface area contributed by atoms with Crippen LogP contribution < -0.4 is 19.9 Å². The number of likely N-dealkylation sites (N-methyl/N-ethyl adjacent to an activating group) is 1. The van der Waals surface area contributed by atoms with Crippen LogP contribution in [0.25, 0.3) is 0 Å². The van der Waals surface area contributed by atoms with Gasteiger partial charge in [-0.25, -0.2) is 0 Å². The average molecular weight is 584 g/mol. The first-order valence-electron chi connectivity index (χ1n) is 13.1. The third-order valence-corrected chi connectivity index (χ3v) is 7.23. The van der Waals surface area contributed by atoms with Gasteiger partial charge in [0.1, 0.15) is 5.82 Å². The molecule has 0 aliphatic carbocycles. The Labute approximate surface area is 238 Å². The summed E-state index contributed by atoms with van der Waals surface area (Å²) in [7, 11) is 5.39. The Bertz CT molecular complexity index is 1160. The van der Waals surface area contributed by atoms with Crippen LogP contribution in [0.2, 0.25) is 5.02 Å². The molecule has 0 bridgehead atoms. The van der Waals surface area contributed by atoms with Crippen molar-refractivity contribution in [1.82, 2.24) is 20.2 Å². The number of halogens is 4. The number of aromatic nitrogens is 2. The molecule has 5 rings (SSSR count). The van der Waals surface area contributed by atoms with E-state index in [-0.39, 0.29) is 23.3 Å². The number of anilines is 2. The molecule has 2 saturated heterocycles. The lowest BCUT2D eigenvalue weighted by atomic mass is 10.0. The van der Waals surface area contributed by atoms with Crippen molar-refractivity contribution >= 4 is 23.1 Å². The van der Waals surface area contributed by atoms with Crippen LogP contribution in [0.3, 0.4) is 0 Å². The first kappa shape index (κ1) is 31.7. The summed E-state index contributed by atoms with van der Waals surface area (Å²) in [5.41, 5.74) is 0.912. The number of benzene rings is 1. The maximum absolute atomic E-state index is 13.6. The molecule has 0 amide bonds. The maximum atomic E-state index is 13.6. The van der Waals surface area contributed by atoms with Gasteiger partial charge in [0.2, 0.25) is 0 Å². The van der Waals surface area contributed by atoms with E-state index in [1.807, 2.05) is 0 Å². The van der Waals surface area contributed by atoms with Crippen molar-refractivity contribution in [3.8, 4) is 12.1 Å². The van der Waals surface area contributed by atoms with Gasteiger partial charge in [0.05, 0.1) is 47.8 Å². The predicted molar refractivity (Wildman–Crippen MR) is 149 cm³/mol. The molecule has 220 valence electrons. The van der Waals surface area contributed by atoms with Gasteiger partial charge in [-0.2, -0.15) is 28.4 Å². The second kappa shape index (κ2) is 14.7. The number of nitrogens with one attached hydrogen (secondary N) is 1. The van der Waals surface area contributed by atoms with Crippen molar-refractivity contribution in [1.29, 1.82) is 5.26 Å². The van der Waals surface area contributed by atoms with Crippen molar-refractivity contribution in [3.63, 3.8) is 0 Å². The smallest absolute Gasteiger partial charge is 0.419 e. The van der Waals surface area contributed by atoms with Gasteiger partial charge in [0.15, 0.2) is 0 Å². The number of hydrogen-bond donors (Lipinski definition) is 1. The van der Waals surface area contributed by atoms with E-state index in [0.29, 0.717) is 24.8 Å². The number of alkyl halides is 3. The molecule has 0 spiro atoms. The van der Waals surface area contributed by atoms with E-state index in [0.717, 1.165) is 44.1 Å². The van der Waals surface area contributed by atoms with Crippen molar-refractivity contribution in [2.45, 2.75) is 38.6 Å². The Morgan fingerprint density at radius 3 is 2.35 bits per heavy atom. The number of methoxy groups -OCH3 is 2. The molecule has 13 heteroatoms. The number of fused-ring (bicyclic) bond motifs is 1. The van der Waals surface area contributed by atoms with Crippen LogP contribution in [0.4, 0.5) is 24.7 Å². The lowest BCUT2D eigenvalue weighted by Gasteiger charge is -2.35. The Morgan fingerprint density at radius 1 is 1.10 bits per heavy atom. The van der Waals surface area contributed by atoms with E-state index in [1.165, 1.54) is 45.2 Å². The molecule has 1 unspecified atom stereocenters.